The molecule has 1 saturated carbocycles. The van der Waals surface area contributed by atoms with Crippen LogP contribution < -0.4 is 10.6 Å². The molecular weight excluding hydrogens is 248 g/mol. The Balaban J connectivity index is 1.84. The van der Waals surface area contributed by atoms with Crippen LogP contribution in [0.15, 0.2) is 12.4 Å². The number of hydrogen-bond acceptors (Lipinski definition) is 3. The lowest BCUT2D eigenvalue weighted by atomic mass is 10.1. The molecule has 3 N–H and O–H groups in total. The molecule has 7 heteroatoms. The second-order valence-corrected chi connectivity index (χ2v) is 4.93. The number of anilines is 1. The van der Waals surface area contributed by atoms with Gasteiger partial charge in [-0.05, 0) is 18.8 Å². The van der Waals surface area contributed by atoms with Gasteiger partial charge in [-0.15, -0.1) is 0 Å². The SMILES string of the molecule is CC1CCCC1NC(=O)Nc1cnn(CC(=O)O)c1. The molecule has 1 aliphatic carbocycles. The van der Waals surface area contributed by atoms with Crippen LogP contribution in [0.4, 0.5) is 10.5 Å². The molecule has 1 fully saturated rings. The first-order valence-electron chi connectivity index (χ1n) is 6.36. The molecule has 1 aromatic rings. The van der Waals surface area contributed by atoms with Crippen LogP contribution in [-0.2, 0) is 11.3 Å². The van der Waals surface area contributed by atoms with Crippen molar-refractivity contribution < 1.29 is 14.7 Å². The predicted molar refractivity (Wildman–Crippen MR) is 68.8 cm³/mol. The normalized spacial score (nSPS) is 22.2. The van der Waals surface area contributed by atoms with E-state index in [9.17, 15) is 9.59 Å². The van der Waals surface area contributed by atoms with E-state index in [1.807, 2.05) is 0 Å². The number of carboxylic acid groups (broad SMARTS) is 1. The quantitative estimate of drug-likeness (QED) is 0.764. The van der Waals surface area contributed by atoms with Crippen molar-refractivity contribution in [3.05, 3.63) is 12.4 Å². The van der Waals surface area contributed by atoms with Crippen LogP contribution >= 0.6 is 0 Å². The zero-order valence-corrected chi connectivity index (χ0v) is 10.8. The van der Waals surface area contributed by atoms with Gasteiger partial charge in [-0.3, -0.25) is 9.48 Å². The molecule has 1 aliphatic rings. The Morgan fingerprint density at radius 1 is 1.53 bits per heavy atom. The Bertz CT molecular complexity index is 471. The van der Waals surface area contributed by atoms with Gasteiger partial charge in [-0.25, -0.2) is 4.79 Å². The molecule has 0 radical (unpaired) electrons. The van der Waals surface area contributed by atoms with Crippen LogP contribution in [-0.4, -0.2) is 32.9 Å². The van der Waals surface area contributed by atoms with Gasteiger partial charge in [0.05, 0.1) is 11.9 Å². The second kappa shape index (κ2) is 5.73. The maximum absolute atomic E-state index is 11.8. The van der Waals surface area contributed by atoms with Crippen molar-refractivity contribution in [2.45, 2.75) is 38.8 Å². The lowest BCUT2D eigenvalue weighted by molar-refractivity contribution is -0.137. The molecule has 0 saturated heterocycles. The Morgan fingerprint density at radius 3 is 2.95 bits per heavy atom. The van der Waals surface area contributed by atoms with E-state index in [0.717, 1.165) is 19.3 Å². The highest BCUT2D eigenvalue weighted by atomic mass is 16.4. The summed E-state index contributed by atoms with van der Waals surface area (Å²) in [6.45, 7) is 1.91. The van der Waals surface area contributed by atoms with E-state index in [2.05, 4.69) is 22.7 Å². The number of hydrogen-bond donors (Lipinski definition) is 3. The van der Waals surface area contributed by atoms with Crippen LogP contribution in [0.5, 0.6) is 0 Å². The van der Waals surface area contributed by atoms with Crippen molar-refractivity contribution in [2.24, 2.45) is 5.92 Å². The van der Waals surface area contributed by atoms with Gasteiger partial charge in [0.1, 0.15) is 6.54 Å². The third-order valence-corrected chi connectivity index (χ3v) is 3.37. The Hall–Kier alpha value is -2.05. The number of carboxylic acids is 1. The minimum Gasteiger partial charge on any atom is -0.480 e. The molecule has 1 heterocycles. The number of aliphatic carboxylic acids is 1. The fourth-order valence-corrected chi connectivity index (χ4v) is 2.35. The Kier molecular flexibility index (Phi) is 4.03. The number of amides is 2. The zero-order valence-electron chi connectivity index (χ0n) is 10.8. The molecule has 7 nitrogen and oxygen atoms in total. The average molecular weight is 266 g/mol. The summed E-state index contributed by atoms with van der Waals surface area (Å²) in [6, 6.07) is -0.0531. The van der Waals surface area contributed by atoms with E-state index < -0.39 is 5.97 Å². The number of aromatic nitrogens is 2. The highest BCUT2D eigenvalue weighted by Gasteiger charge is 2.24. The smallest absolute Gasteiger partial charge is 0.325 e. The minimum absolute atomic E-state index is 0.217. The van der Waals surface area contributed by atoms with E-state index >= 15 is 0 Å². The zero-order chi connectivity index (χ0) is 13.8. The van der Waals surface area contributed by atoms with Gasteiger partial charge in [0.25, 0.3) is 0 Å². The standard InChI is InChI=1S/C12H18N4O3/c1-8-3-2-4-10(8)15-12(19)14-9-5-13-16(6-9)7-11(17)18/h5-6,8,10H,2-4,7H2,1H3,(H,17,18)(H2,14,15,19). The van der Waals surface area contributed by atoms with Gasteiger partial charge < -0.3 is 15.7 Å². The highest BCUT2D eigenvalue weighted by molar-refractivity contribution is 5.89. The summed E-state index contributed by atoms with van der Waals surface area (Å²) < 4.78 is 1.26. The first-order chi connectivity index (χ1) is 9.04. The summed E-state index contributed by atoms with van der Waals surface area (Å²) in [4.78, 5) is 22.3. The van der Waals surface area contributed by atoms with Crippen LogP contribution in [0.25, 0.3) is 0 Å². The summed E-state index contributed by atoms with van der Waals surface area (Å²) in [5.74, 6) is -0.473. The van der Waals surface area contributed by atoms with Crippen molar-refractivity contribution in [1.82, 2.24) is 15.1 Å². The van der Waals surface area contributed by atoms with E-state index in [1.165, 1.54) is 17.1 Å². The predicted octanol–water partition coefficient (Wildman–Crippen LogP) is 1.28. The molecule has 104 valence electrons. The first-order valence-corrected chi connectivity index (χ1v) is 6.36. The van der Waals surface area contributed by atoms with E-state index in [-0.39, 0.29) is 18.6 Å². The molecule has 2 atom stereocenters. The molecule has 0 bridgehead atoms. The lowest BCUT2D eigenvalue weighted by Crippen LogP contribution is -2.39. The fraction of sp³-hybridized carbons (Fsp3) is 0.583. The van der Waals surface area contributed by atoms with Gasteiger partial charge in [0.15, 0.2) is 0 Å². The molecule has 0 spiro atoms. The van der Waals surface area contributed by atoms with Crippen molar-refractivity contribution in [3.63, 3.8) is 0 Å². The van der Waals surface area contributed by atoms with Gasteiger partial charge in [-0.2, -0.15) is 5.10 Å². The third-order valence-electron chi connectivity index (χ3n) is 3.37. The average Bonchev–Trinajstić information content (AvgIpc) is 2.89. The fourth-order valence-electron chi connectivity index (χ4n) is 2.35. The van der Waals surface area contributed by atoms with Crippen LogP contribution in [0, 0.1) is 5.92 Å². The molecule has 2 rings (SSSR count). The monoisotopic (exact) mass is 266 g/mol. The summed E-state index contributed by atoms with van der Waals surface area (Å²) in [5.41, 5.74) is 0.490. The van der Waals surface area contributed by atoms with Crippen LogP contribution in [0.2, 0.25) is 0 Å². The summed E-state index contributed by atoms with van der Waals surface area (Å²) in [5, 5.41) is 18.0. The molecule has 1 aromatic heterocycles. The summed E-state index contributed by atoms with van der Waals surface area (Å²) in [7, 11) is 0. The topological polar surface area (TPSA) is 96.3 Å². The first kappa shape index (κ1) is 13.4. The van der Waals surface area contributed by atoms with Crippen molar-refractivity contribution in [3.8, 4) is 0 Å². The second-order valence-electron chi connectivity index (χ2n) is 4.93. The van der Waals surface area contributed by atoms with Gasteiger partial charge >= 0.3 is 12.0 Å². The number of rotatable bonds is 4. The van der Waals surface area contributed by atoms with E-state index in [1.54, 1.807) is 0 Å². The van der Waals surface area contributed by atoms with Crippen LogP contribution in [0.1, 0.15) is 26.2 Å². The minimum atomic E-state index is -0.973. The Labute approximate surface area is 111 Å². The largest absolute Gasteiger partial charge is 0.480 e. The highest BCUT2D eigenvalue weighted by Crippen LogP contribution is 2.24. The van der Waals surface area contributed by atoms with Gasteiger partial charge in [0, 0.05) is 12.2 Å². The van der Waals surface area contributed by atoms with Crippen molar-refractivity contribution in [2.75, 3.05) is 5.32 Å². The molecule has 0 aliphatic heterocycles. The van der Waals surface area contributed by atoms with Gasteiger partial charge in [0.2, 0.25) is 0 Å². The number of nitrogens with zero attached hydrogens (tertiary/aromatic N) is 2. The molecule has 2 amide bonds. The van der Waals surface area contributed by atoms with E-state index in [0.29, 0.717) is 11.6 Å². The maximum Gasteiger partial charge on any atom is 0.325 e. The van der Waals surface area contributed by atoms with Crippen LogP contribution in [0.3, 0.4) is 0 Å². The number of nitrogens with one attached hydrogen (secondary N) is 2. The summed E-state index contributed by atoms with van der Waals surface area (Å²) >= 11 is 0. The number of carbonyl (C=O) groups excluding carboxylic acids is 1. The number of urea groups is 1. The van der Waals surface area contributed by atoms with Crippen molar-refractivity contribution in [1.29, 1.82) is 0 Å². The molecular formula is C12H18N4O3. The van der Waals surface area contributed by atoms with E-state index in [4.69, 9.17) is 5.11 Å². The Morgan fingerprint density at radius 2 is 2.32 bits per heavy atom. The lowest BCUT2D eigenvalue weighted by Gasteiger charge is -2.17. The molecule has 0 aromatic carbocycles. The third kappa shape index (κ3) is 3.70. The molecule has 19 heavy (non-hydrogen) atoms. The molecule has 2 unspecified atom stereocenters. The number of carbonyl (C=O) groups is 2. The van der Waals surface area contributed by atoms with Crippen molar-refractivity contribution >= 4 is 17.7 Å². The maximum atomic E-state index is 11.8. The van der Waals surface area contributed by atoms with Gasteiger partial charge in [-0.1, -0.05) is 13.3 Å². The summed E-state index contributed by atoms with van der Waals surface area (Å²) in [6.07, 6.45) is 6.21.